The molecule has 2 heteroatoms. The number of aromatic nitrogens is 1. The maximum absolute atomic E-state index is 2.52. The van der Waals surface area contributed by atoms with Crippen molar-refractivity contribution < 1.29 is 0 Å². The first kappa shape index (κ1) is 25.1. The molecule has 0 unspecified atom stereocenters. The van der Waals surface area contributed by atoms with Crippen LogP contribution in [-0.4, -0.2) is 4.57 Å². The Bertz CT molecular complexity index is 2410. The van der Waals surface area contributed by atoms with Crippen molar-refractivity contribution >= 4 is 33.6 Å². The Kier molecular flexibility index (Phi) is 5.20. The number of hydrogen-bond acceptors (Lipinski definition) is 1. The molecule has 0 saturated carbocycles. The molecule has 1 aromatic heterocycles. The summed E-state index contributed by atoms with van der Waals surface area (Å²) in [5, 5.41) is 2.56. The zero-order chi connectivity index (χ0) is 29.5. The van der Waals surface area contributed by atoms with Gasteiger partial charge in [-0.2, -0.15) is 0 Å². The molecule has 0 saturated heterocycles. The third-order valence-corrected chi connectivity index (χ3v) is 11.0. The van der Waals surface area contributed by atoms with Crippen molar-refractivity contribution in [2.45, 2.75) is 15.2 Å². The van der Waals surface area contributed by atoms with Crippen LogP contribution in [0.2, 0.25) is 0 Å². The fourth-order valence-corrected chi connectivity index (χ4v) is 9.22. The van der Waals surface area contributed by atoms with Gasteiger partial charge in [0.1, 0.15) is 0 Å². The van der Waals surface area contributed by atoms with Gasteiger partial charge in [-0.25, -0.2) is 0 Å². The van der Waals surface area contributed by atoms with Gasteiger partial charge in [0, 0.05) is 26.3 Å². The fourth-order valence-electron chi connectivity index (χ4n) is 8.03. The van der Waals surface area contributed by atoms with Crippen LogP contribution >= 0.6 is 11.8 Å². The van der Waals surface area contributed by atoms with Crippen LogP contribution in [0.15, 0.2) is 174 Å². The Morgan fingerprint density at radius 1 is 0.400 bits per heavy atom. The highest BCUT2D eigenvalue weighted by Crippen LogP contribution is 2.62. The summed E-state index contributed by atoms with van der Waals surface area (Å²) in [5.74, 6) is 0. The summed E-state index contributed by atoms with van der Waals surface area (Å²) >= 11 is 1.89. The molecular formula is C43H27NS. The van der Waals surface area contributed by atoms with Crippen LogP contribution in [0, 0.1) is 0 Å². The maximum atomic E-state index is 2.52. The predicted molar refractivity (Wildman–Crippen MR) is 188 cm³/mol. The van der Waals surface area contributed by atoms with Crippen molar-refractivity contribution in [2.75, 3.05) is 0 Å². The summed E-state index contributed by atoms with van der Waals surface area (Å²) in [7, 11) is 0. The van der Waals surface area contributed by atoms with Gasteiger partial charge >= 0.3 is 0 Å². The average Bonchev–Trinajstić information content (AvgIpc) is 3.58. The Labute approximate surface area is 266 Å². The predicted octanol–water partition coefficient (Wildman–Crippen LogP) is 11.3. The molecule has 1 nitrogen and oxygen atoms in total. The van der Waals surface area contributed by atoms with Gasteiger partial charge in [0.2, 0.25) is 0 Å². The normalized spacial score (nSPS) is 13.9. The number of nitrogens with zero attached hydrogens (tertiary/aromatic N) is 1. The SMILES string of the molecule is c1ccc(-c2ccc3c(c2)c2cc4c(cc2n3-c2ccccc2)C2(c3ccccc3Sc3ccccc32)c2ccccc2-4)cc1. The monoisotopic (exact) mass is 589 g/mol. The minimum Gasteiger partial charge on any atom is -0.309 e. The molecule has 7 aromatic carbocycles. The van der Waals surface area contributed by atoms with E-state index in [9.17, 15) is 0 Å². The molecule has 0 atom stereocenters. The highest BCUT2D eigenvalue weighted by atomic mass is 32.2. The molecule has 0 bridgehead atoms. The summed E-state index contributed by atoms with van der Waals surface area (Å²) in [6.45, 7) is 0. The second kappa shape index (κ2) is 9.34. The van der Waals surface area contributed by atoms with E-state index in [0.29, 0.717) is 0 Å². The zero-order valence-electron chi connectivity index (χ0n) is 24.4. The second-order valence-corrected chi connectivity index (χ2v) is 13.2. The number of rotatable bonds is 2. The van der Waals surface area contributed by atoms with E-state index < -0.39 is 5.41 Å². The van der Waals surface area contributed by atoms with Gasteiger partial charge in [-0.3, -0.25) is 0 Å². The van der Waals surface area contributed by atoms with Crippen LogP contribution in [0.5, 0.6) is 0 Å². The van der Waals surface area contributed by atoms with Crippen molar-refractivity contribution in [2.24, 2.45) is 0 Å². The quantitative estimate of drug-likeness (QED) is 0.194. The molecule has 8 aromatic rings. The molecule has 2 heterocycles. The standard InChI is InChI=1S/C43H27NS/c1-3-13-28(14-4-1)29-23-24-39-33(25-29)34-26-32-31-17-7-8-18-35(31)43(38(32)27-40(34)44(39)30-15-5-2-6-16-30)36-19-9-11-21-41(36)45-42-22-12-10-20-37(42)43/h1-27H. The Morgan fingerprint density at radius 3 is 1.73 bits per heavy atom. The maximum Gasteiger partial charge on any atom is 0.0736 e. The fraction of sp³-hybridized carbons (Fsp3) is 0.0233. The lowest BCUT2D eigenvalue weighted by atomic mass is 9.67. The van der Waals surface area contributed by atoms with E-state index in [1.54, 1.807) is 0 Å². The van der Waals surface area contributed by atoms with Crippen molar-refractivity contribution in [1.29, 1.82) is 0 Å². The molecule has 0 amide bonds. The highest BCUT2D eigenvalue weighted by Gasteiger charge is 2.50. The van der Waals surface area contributed by atoms with E-state index in [-0.39, 0.29) is 0 Å². The molecule has 1 aliphatic carbocycles. The molecule has 2 aliphatic rings. The van der Waals surface area contributed by atoms with Gasteiger partial charge in [-0.05, 0) is 93.0 Å². The van der Waals surface area contributed by atoms with Crippen LogP contribution in [0.4, 0.5) is 0 Å². The van der Waals surface area contributed by atoms with Crippen LogP contribution < -0.4 is 0 Å². The number of hydrogen-bond donors (Lipinski definition) is 0. The van der Waals surface area contributed by atoms with Gasteiger partial charge in [0.25, 0.3) is 0 Å². The molecule has 0 fully saturated rings. The molecule has 0 radical (unpaired) electrons. The van der Waals surface area contributed by atoms with Crippen LogP contribution in [0.25, 0.3) is 49.7 Å². The van der Waals surface area contributed by atoms with Gasteiger partial charge in [0.05, 0.1) is 16.4 Å². The average molecular weight is 590 g/mol. The molecule has 1 spiro atoms. The van der Waals surface area contributed by atoms with E-state index in [2.05, 4.69) is 168 Å². The molecule has 45 heavy (non-hydrogen) atoms. The molecule has 0 N–H and O–H groups in total. The number of fused-ring (bicyclic) bond motifs is 12. The minimum absolute atomic E-state index is 0.397. The lowest BCUT2D eigenvalue weighted by Gasteiger charge is -2.39. The summed E-state index contributed by atoms with van der Waals surface area (Å²) in [6, 6.07) is 60.7. The van der Waals surface area contributed by atoms with E-state index in [1.165, 1.54) is 81.8 Å². The molecule has 1 aliphatic heterocycles. The lowest BCUT2D eigenvalue weighted by molar-refractivity contribution is 0.723. The summed E-state index contributed by atoms with van der Waals surface area (Å²) < 4.78 is 2.46. The first-order valence-corrected chi connectivity index (χ1v) is 16.3. The molecule has 10 rings (SSSR count). The third-order valence-electron chi connectivity index (χ3n) is 9.85. The van der Waals surface area contributed by atoms with E-state index >= 15 is 0 Å². The van der Waals surface area contributed by atoms with E-state index in [0.717, 1.165) is 0 Å². The zero-order valence-corrected chi connectivity index (χ0v) is 25.3. The smallest absolute Gasteiger partial charge is 0.0736 e. The van der Waals surface area contributed by atoms with E-state index in [1.807, 2.05) is 11.8 Å². The minimum atomic E-state index is -0.397. The Balaban J connectivity index is 1.38. The Morgan fingerprint density at radius 2 is 1.00 bits per heavy atom. The van der Waals surface area contributed by atoms with Gasteiger partial charge in [0.15, 0.2) is 0 Å². The summed E-state index contributed by atoms with van der Waals surface area (Å²) in [5.41, 5.74) is 13.8. The van der Waals surface area contributed by atoms with Crippen LogP contribution in [-0.2, 0) is 5.41 Å². The van der Waals surface area contributed by atoms with Crippen LogP contribution in [0.3, 0.4) is 0 Å². The Hall–Kier alpha value is -5.31. The van der Waals surface area contributed by atoms with Crippen molar-refractivity contribution in [3.8, 4) is 27.9 Å². The van der Waals surface area contributed by atoms with E-state index in [4.69, 9.17) is 0 Å². The lowest BCUT2D eigenvalue weighted by Crippen LogP contribution is -2.31. The number of para-hydroxylation sites is 1. The second-order valence-electron chi connectivity index (χ2n) is 12.1. The first-order chi connectivity index (χ1) is 22.3. The van der Waals surface area contributed by atoms with Gasteiger partial charge < -0.3 is 4.57 Å². The topological polar surface area (TPSA) is 4.93 Å². The highest BCUT2D eigenvalue weighted by molar-refractivity contribution is 7.99. The molecular weight excluding hydrogens is 563 g/mol. The first-order valence-electron chi connectivity index (χ1n) is 15.5. The van der Waals surface area contributed by atoms with Gasteiger partial charge in [-0.1, -0.05) is 127 Å². The largest absolute Gasteiger partial charge is 0.309 e. The third kappa shape index (κ3) is 3.35. The number of benzene rings is 7. The van der Waals surface area contributed by atoms with Crippen molar-refractivity contribution in [3.05, 3.63) is 186 Å². The summed E-state index contributed by atoms with van der Waals surface area (Å²) in [6.07, 6.45) is 0. The van der Waals surface area contributed by atoms with Crippen LogP contribution in [0.1, 0.15) is 22.3 Å². The molecule has 210 valence electrons. The van der Waals surface area contributed by atoms with Crippen molar-refractivity contribution in [3.63, 3.8) is 0 Å². The van der Waals surface area contributed by atoms with Gasteiger partial charge in [-0.15, -0.1) is 0 Å². The summed E-state index contributed by atoms with van der Waals surface area (Å²) in [4.78, 5) is 2.66. The van der Waals surface area contributed by atoms with Crippen molar-refractivity contribution in [1.82, 2.24) is 4.57 Å².